The van der Waals surface area contributed by atoms with Crippen molar-refractivity contribution in [2.45, 2.75) is 13.5 Å². The number of halogens is 1. The van der Waals surface area contributed by atoms with E-state index in [4.69, 9.17) is 5.73 Å². The molecule has 0 spiro atoms. The molecule has 0 radical (unpaired) electrons. The van der Waals surface area contributed by atoms with Gasteiger partial charge in [-0.1, -0.05) is 34.1 Å². The second kappa shape index (κ2) is 6.54. The Balaban J connectivity index is 2.09. The first-order valence-electron chi connectivity index (χ1n) is 6.40. The molecule has 0 fully saturated rings. The predicted octanol–water partition coefficient (Wildman–Crippen LogP) is 2.79. The van der Waals surface area contributed by atoms with E-state index in [9.17, 15) is 9.59 Å². The summed E-state index contributed by atoms with van der Waals surface area (Å²) in [6.07, 6.45) is 0. The number of primary amides is 1. The summed E-state index contributed by atoms with van der Waals surface area (Å²) >= 11 is 3.35. The zero-order chi connectivity index (χ0) is 15.4. The topological polar surface area (TPSA) is 72.2 Å². The molecule has 21 heavy (non-hydrogen) atoms. The largest absolute Gasteiger partial charge is 0.366 e. The maximum absolute atomic E-state index is 12.2. The Morgan fingerprint density at radius 2 is 1.95 bits per heavy atom. The fraction of sp³-hybridized carbons (Fsp3) is 0.125. The van der Waals surface area contributed by atoms with E-state index < -0.39 is 5.91 Å². The Morgan fingerprint density at radius 1 is 1.19 bits per heavy atom. The quantitative estimate of drug-likeness (QED) is 0.893. The molecule has 0 atom stereocenters. The molecular weight excluding hydrogens is 332 g/mol. The summed E-state index contributed by atoms with van der Waals surface area (Å²) in [6, 6.07) is 12.5. The molecule has 2 aromatic rings. The minimum absolute atomic E-state index is 0.154. The minimum Gasteiger partial charge on any atom is -0.366 e. The van der Waals surface area contributed by atoms with Gasteiger partial charge in [0.2, 0.25) is 5.91 Å². The Labute approximate surface area is 131 Å². The fourth-order valence-corrected chi connectivity index (χ4v) is 2.31. The number of hydrogen-bond donors (Lipinski definition) is 2. The first kappa shape index (κ1) is 15.3. The second-order valence-corrected chi connectivity index (χ2v) is 5.62. The Kier molecular flexibility index (Phi) is 4.75. The maximum Gasteiger partial charge on any atom is 0.251 e. The summed E-state index contributed by atoms with van der Waals surface area (Å²) in [6.45, 7) is 2.22. The predicted molar refractivity (Wildman–Crippen MR) is 85.0 cm³/mol. The molecule has 0 aliphatic carbocycles. The molecule has 0 heterocycles. The van der Waals surface area contributed by atoms with Crippen LogP contribution in [-0.4, -0.2) is 11.8 Å². The average molecular weight is 347 g/mol. The summed E-state index contributed by atoms with van der Waals surface area (Å²) in [5, 5.41) is 2.84. The van der Waals surface area contributed by atoms with Gasteiger partial charge in [-0.15, -0.1) is 0 Å². The van der Waals surface area contributed by atoms with E-state index >= 15 is 0 Å². The smallest absolute Gasteiger partial charge is 0.251 e. The van der Waals surface area contributed by atoms with Crippen LogP contribution < -0.4 is 11.1 Å². The van der Waals surface area contributed by atoms with E-state index in [1.54, 1.807) is 24.3 Å². The first-order chi connectivity index (χ1) is 9.97. The standard InChI is InChI=1S/C16H15BrN2O2/c1-10-5-6-13(17)8-14(10)16(21)19-9-11-3-2-4-12(7-11)15(18)20/h2-8H,9H2,1H3,(H2,18,20)(H,19,21). The van der Waals surface area contributed by atoms with Crippen molar-refractivity contribution in [2.24, 2.45) is 5.73 Å². The third-order valence-corrected chi connectivity index (χ3v) is 3.60. The molecule has 0 aromatic heterocycles. The summed E-state index contributed by atoms with van der Waals surface area (Å²) < 4.78 is 0.856. The third-order valence-electron chi connectivity index (χ3n) is 3.11. The highest BCUT2D eigenvalue weighted by molar-refractivity contribution is 9.10. The summed E-state index contributed by atoms with van der Waals surface area (Å²) in [7, 11) is 0. The summed E-state index contributed by atoms with van der Waals surface area (Å²) in [5.41, 5.74) is 8.02. The van der Waals surface area contributed by atoms with Gasteiger partial charge < -0.3 is 11.1 Å². The Hall–Kier alpha value is -2.14. The van der Waals surface area contributed by atoms with Gasteiger partial charge in [0.1, 0.15) is 0 Å². The molecule has 0 unspecified atom stereocenters. The van der Waals surface area contributed by atoms with Gasteiger partial charge in [-0.3, -0.25) is 9.59 Å². The van der Waals surface area contributed by atoms with Gasteiger partial charge in [-0.05, 0) is 42.3 Å². The number of carbonyl (C=O) groups excluding carboxylic acids is 2. The van der Waals surface area contributed by atoms with Crippen LogP contribution in [0.1, 0.15) is 31.8 Å². The van der Waals surface area contributed by atoms with Crippen LogP contribution in [0.4, 0.5) is 0 Å². The van der Waals surface area contributed by atoms with Crippen molar-refractivity contribution in [3.8, 4) is 0 Å². The van der Waals surface area contributed by atoms with E-state index in [0.29, 0.717) is 17.7 Å². The van der Waals surface area contributed by atoms with Gasteiger partial charge in [0.05, 0.1) is 0 Å². The van der Waals surface area contributed by atoms with Crippen LogP contribution in [0.2, 0.25) is 0 Å². The number of hydrogen-bond acceptors (Lipinski definition) is 2. The van der Waals surface area contributed by atoms with Gasteiger partial charge >= 0.3 is 0 Å². The Morgan fingerprint density at radius 3 is 2.67 bits per heavy atom. The molecule has 0 aliphatic rings. The lowest BCUT2D eigenvalue weighted by Gasteiger charge is -2.09. The third kappa shape index (κ3) is 3.92. The molecule has 5 heteroatoms. The highest BCUT2D eigenvalue weighted by Crippen LogP contribution is 2.16. The van der Waals surface area contributed by atoms with Crippen molar-refractivity contribution in [1.29, 1.82) is 0 Å². The molecule has 4 nitrogen and oxygen atoms in total. The average Bonchev–Trinajstić information content (AvgIpc) is 2.47. The van der Waals surface area contributed by atoms with Crippen molar-refractivity contribution in [3.63, 3.8) is 0 Å². The molecule has 2 amide bonds. The van der Waals surface area contributed by atoms with Crippen LogP contribution >= 0.6 is 15.9 Å². The van der Waals surface area contributed by atoms with E-state index in [1.807, 2.05) is 25.1 Å². The van der Waals surface area contributed by atoms with Gasteiger partial charge in [0, 0.05) is 22.1 Å². The van der Waals surface area contributed by atoms with Crippen molar-refractivity contribution >= 4 is 27.7 Å². The molecular formula is C16H15BrN2O2. The van der Waals surface area contributed by atoms with Crippen molar-refractivity contribution < 1.29 is 9.59 Å². The monoisotopic (exact) mass is 346 g/mol. The van der Waals surface area contributed by atoms with Gasteiger partial charge in [-0.2, -0.15) is 0 Å². The number of nitrogens with two attached hydrogens (primary N) is 1. The van der Waals surface area contributed by atoms with Crippen LogP contribution in [0.5, 0.6) is 0 Å². The van der Waals surface area contributed by atoms with E-state index in [0.717, 1.165) is 15.6 Å². The lowest BCUT2D eigenvalue weighted by atomic mass is 10.1. The van der Waals surface area contributed by atoms with E-state index in [-0.39, 0.29) is 5.91 Å². The molecule has 2 aromatic carbocycles. The number of amides is 2. The number of rotatable bonds is 4. The van der Waals surface area contributed by atoms with E-state index in [1.165, 1.54) is 0 Å². The number of benzene rings is 2. The van der Waals surface area contributed by atoms with E-state index in [2.05, 4.69) is 21.2 Å². The van der Waals surface area contributed by atoms with Crippen LogP contribution in [0.15, 0.2) is 46.9 Å². The number of nitrogens with one attached hydrogen (secondary N) is 1. The lowest BCUT2D eigenvalue weighted by Crippen LogP contribution is -2.24. The van der Waals surface area contributed by atoms with Crippen molar-refractivity contribution in [1.82, 2.24) is 5.32 Å². The van der Waals surface area contributed by atoms with Crippen LogP contribution in [-0.2, 0) is 6.54 Å². The van der Waals surface area contributed by atoms with Crippen molar-refractivity contribution in [2.75, 3.05) is 0 Å². The molecule has 3 N–H and O–H groups in total. The van der Waals surface area contributed by atoms with Crippen LogP contribution in [0.25, 0.3) is 0 Å². The molecule has 2 rings (SSSR count). The maximum atomic E-state index is 12.2. The molecule has 0 saturated carbocycles. The van der Waals surface area contributed by atoms with Crippen molar-refractivity contribution in [3.05, 3.63) is 69.2 Å². The Bertz CT molecular complexity index is 698. The zero-order valence-electron chi connectivity index (χ0n) is 11.5. The lowest BCUT2D eigenvalue weighted by molar-refractivity contribution is 0.0949. The highest BCUT2D eigenvalue weighted by Gasteiger charge is 2.09. The molecule has 0 aliphatic heterocycles. The summed E-state index contributed by atoms with van der Waals surface area (Å²) in [4.78, 5) is 23.3. The van der Waals surface area contributed by atoms with Crippen LogP contribution in [0, 0.1) is 6.92 Å². The van der Waals surface area contributed by atoms with Gasteiger partial charge in [-0.25, -0.2) is 0 Å². The molecule has 0 bridgehead atoms. The number of carbonyl (C=O) groups is 2. The number of aryl methyl sites for hydroxylation is 1. The zero-order valence-corrected chi connectivity index (χ0v) is 13.1. The highest BCUT2D eigenvalue weighted by atomic mass is 79.9. The molecule has 0 saturated heterocycles. The minimum atomic E-state index is -0.481. The van der Waals surface area contributed by atoms with Gasteiger partial charge in [0.15, 0.2) is 0 Å². The normalized spacial score (nSPS) is 10.2. The first-order valence-corrected chi connectivity index (χ1v) is 7.20. The van der Waals surface area contributed by atoms with Gasteiger partial charge in [0.25, 0.3) is 5.91 Å². The SMILES string of the molecule is Cc1ccc(Br)cc1C(=O)NCc1cccc(C(N)=O)c1. The second-order valence-electron chi connectivity index (χ2n) is 4.71. The fourth-order valence-electron chi connectivity index (χ4n) is 1.95. The van der Waals surface area contributed by atoms with Crippen LogP contribution in [0.3, 0.4) is 0 Å². The molecule has 108 valence electrons. The summed E-state index contributed by atoms with van der Waals surface area (Å²) in [5.74, 6) is -0.635.